The molecule has 17 heavy (non-hydrogen) atoms. The van der Waals surface area contributed by atoms with Crippen LogP contribution in [0, 0.1) is 0 Å². The van der Waals surface area contributed by atoms with Gasteiger partial charge >= 0.3 is 0 Å². The largest absolute Gasteiger partial charge is 0.486 e. The van der Waals surface area contributed by atoms with Gasteiger partial charge in [0.15, 0.2) is 11.5 Å². The van der Waals surface area contributed by atoms with E-state index >= 15 is 0 Å². The van der Waals surface area contributed by atoms with Gasteiger partial charge in [0.25, 0.3) is 0 Å². The fourth-order valence-corrected chi connectivity index (χ4v) is 1.91. The van der Waals surface area contributed by atoms with E-state index in [2.05, 4.69) is 21.2 Å². The standard InChI is InChI=1S/C12H12BrNO3/c1-2-3-12(15)14-9-7-11-10(6-8(9)13)16-4-5-17-11/h2-3,6-7H,4-5H2,1H3,(H,14,15). The van der Waals surface area contributed by atoms with Gasteiger partial charge in [-0.1, -0.05) is 6.08 Å². The Labute approximate surface area is 108 Å². The van der Waals surface area contributed by atoms with Crippen LogP contribution in [0.5, 0.6) is 11.5 Å². The molecule has 1 aliphatic rings. The molecule has 1 amide bonds. The second-order valence-electron chi connectivity index (χ2n) is 3.46. The molecule has 1 N–H and O–H groups in total. The van der Waals surface area contributed by atoms with Gasteiger partial charge in [-0.05, 0) is 28.9 Å². The highest BCUT2D eigenvalue weighted by Crippen LogP contribution is 2.38. The molecule has 90 valence electrons. The number of fused-ring (bicyclic) bond motifs is 1. The topological polar surface area (TPSA) is 47.6 Å². The Balaban J connectivity index is 2.25. The average Bonchev–Trinajstić information content (AvgIpc) is 2.30. The van der Waals surface area contributed by atoms with E-state index in [0.29, 0.717) is 30.4 Å². The molecular formula is C12H12BrNO3. The summed E-state index contributed by atoms with van der Waals surface area (Å²) in [6.45, 7) is 2.86. The molecule has 0 aliphatic carbocycles. The third kappa shape index (κ3) is 2.79. The van der Waals surface area contributed by atoms with Gasteiger partial charge in [0.1, 0.15) is 13.2 Å². The Bertz CT molecular complexity index is 471. The van der Waals surface area contributed by atoms with Crippen molar-refractivity contribution >= 4 is 27.5 Å². The molecule has 1 aromatic rings. The summed E-state index contributed by atoms with van der Waals surface area (Å²) in [7, 11) is 0. The molecular weight excluding hydrogens is 286 g/mol. The summed E-state index contributed by atoms with van der Waals surface area (Å²) < 4.78 is 11.6. The van der Waals surface area contributed by atoms with Gasteiger partial charge in [0.2, 0.25) is 5.91 Å². The lowest BCUT2D eigenvalue weighted by atomic mass is 10.2. The van der Waals surface area contributed by atoms with Crippen molar-refractivity contribution in [2.24, 2.45) is 0 Å². The first-order chi connectivity index (χ1) is 8.20. The van der Waals surface area contributed by atoms with E-state index in [1.807, 2.05) is 0 Å². The number of benzene rings is 1. The number of rotatable bonds is 2. The van der Waals surface area contributed by atoms with Gasteiger partial charge < -0.3 is 14.8 Å². The molecule has 1 heterocycles. The molecule has 0 saturated carbocycles. The highest BCUT2D eigenvalue weighted by Gasteiger charge is 2.15. The Kier molecular flexibility index (Phi) is 3.68. The van der Waals surface area contributed by atoms with E-state index in [0.717, 1.165) is 4.47 Å². The molecule has 0 radical (unpaired) electrons. The molecule has 1 aliphatic heterocycles. The monoisotopic (exact) mass is 297 g/mol. The quantitative estimate of drug-likeness (QED) is 0.854. The summed E-state index contributed by atoms with van der Waals surface area (Å²) in [6, 6.07) is 3.54. The van der Waals surface area contributed by atoms with E-state index in [-0.39, 0.29) is 5.91 Å². The van der Waals surface area contributed by atoms with Crippen LogP contribution in [0.25, 0.3) is 0 Å². The molecule has 0 spiro atoms. The highest BCUT2D eigenvalue weighted by molar-refractivity contribution is 9.10. The molecule has 5 heteroatoms. The molecule has 0 atom stereocenters. The van der Waals surface area contributed by atoms with Crippen LogP contribution in [0.1, 0.15) is 6.92 Å². The molecule has 1 aromatic carbocycles. The number of carbonyl (C=O) groups excluding carboxylic acids is 1. The van der Waals surface area contributed by atoms with Crippen LogP contribution < -0.4 is 14.8 Å². The fraction of sp³-hybridized carbons (Fsp3) is 0.250. The number of nitrogens with one attached hydrogen (secondary N) is 1. The predicted molar refractivity (Wildman–Crippen MR) is 68.6 cm³/mol. The molecule has 0 fully saturated rings. The molecule has 0 aromatic heterocycles. The van der Waals surface area contributed by atoms with Crippen molar-refractivity contribution in [3.63, 3.8) is 0 Å². The zero-order valence-electron chi connectivity index (χ0n) is 9.33. The maximum atomic E-state index is 11.4. The minimum Gasteiger partial charge on any atom is -0.486 e. The number of halogens is 1. The van der Waals surface area contributed by atoms with Crippen LogP contribution in [0.3, 0.4) is 0 Å². The maximum absolute atomic E-state index is 11.4. The van der Waals surface area contributed by atoms with E-state index in [9.17, 15) is 4.79 Å². The molecule has 0 saturated heterocycles. The van der Waals surface area contributed by atoms with Crippen molar-refractivity contribution in [2.75, 3.05) is 18.5 Å². The molecule has 2 rings (SSSR count). The lowest BCUT2D eigenvalue weighted by molar-refractivity contribution is -0.111. The predicted octanol–water partition coefficient (Wildman–Crippen LogP) is 2.73. The minimum absolute atomic E-state index is 0.176. The zero-order chi connectivity index (χ0) is 12.3. The van der Waals surface area contributed by atoms with Crippen LogP contribution in [0.15, 0.2) is 28.8 Å². The van der Waals surface area contributed by atoms with Gasteiger partial charge in [-0.25, -0.2) is 0 Å². The fourth-order valence-electron chi connectivity index (χ4n) is 1.49. The summed E-state index contributed by atoms with van der Waals surface area (Å²) in [5, 5.41) is 2.75. The van der Waals surface area contributed by atoms with E-state index in [1.165, 1.54) is 6.08 Å². The summed E-state index contributed by atoms with van der Waals surface area (Å²) >= 11 is 3.38. The highest BCUT2D eigenvalue weighted by atomic mass is 79.9. The molecule has 4 nitrogen and oxygen atoms in total. The van der Waals surface area contributed by atoms with Crippen LogP contribution in [0.2, 0.25) is 0 Å². The first kappa shape index (κ1) is 12.0. The smallest absolute Gasteiger partial charge is 0.248 e. The van der Waals surface area contributed by atoms with Crippen molar-refractivity contribution in [3.8, 4) is 11.5 Å². The van der Waals surface area contributed by atoms with Crippen molar-refractivity contribution in [1.82, 2.24) is 0 Å². The zero-order valence-corrected chi connectivity index (χ0v) is 10.9. The second kappa shape index (κ2) is 5.23. The summed E-state index contributed by atoms with van der Waals surface area (Å²) in [4.78, 5) is 11.4. The van der Waals surface area contributed by atoms with Crippen molar-refractivity contribution in [2.45, 2.75) is 6.92 Å². The van der Waals surface area contributed by atoms with Gasteiger partial charge in [-0.2, -0.15) is 0 Å². The van der Waals surface area contributed by atoms with Crippen molar-refractivity contribution in [3.05, 3.63) is 28.8 Å². The number of carbonyl (C=O) groups is 1. The van der Waals surface area contributed by atoms with Gasteiger partial charge in [0.05, 0.1) is 5.69 Å². The van der Waals surface area contributed by atoms with E-state index in [1.54, 1.807) is 25.1 Å². The van der Waals surface area contributed by atoms with Crippen LogP contribution in [-0.4, -0.2) is 19.1 Å². The Morgan fingerprint density at radius 2 is 2.00 bits per heavy atom. The average molecular weight is 298 g/mol. The normalized spacial score (nSPS) is 13.8. The lowest BCUT2D eigenvalue weighted by Gasteiger charge is -2.19. The third-order valence-electron chi connectivity index (χ3n) is 2.21. The van der Waals surface area contributed by atoms with Crippen LogP contribution >= 0.6 is 15.9 Å². The minimum atomic E-state index is -0.176. The third-order valence-corrected chi connectivity index (χ3v) is 2.86. The van der Waals surface area contributed by atoms with Gasteiger partial charge in [0, 0.05) is 16.6 Å². The van der Waals surface area contributed by atoms with Crippen molar-refractivity contribution in [1.29, 1.82) is 0 Å². The summed E-state index contributed by atoms with van der Waals surface area (Å²) in [5.41, 5.74) is 0.664. The summed E-state index contributed by atoms with van der Waals surface area (Å²) in [6.07, 6.45) is 3.14. The van der Waals surface area contributed by atoms with E-state index in [4.69, 9.17) is 9.47 Å². The number of anilines is 1. The first-order valence-corrected chi connectivity index (χ1v) is 6.03. The number of amides is 1. The van der Waals surface area contributed by atoms with Gasteiger partial charge in [-0.15, -0.1) is 0 Å². The molecule has 0 bridgehead atoms. The Morgan fingerprint density at radius 3 is 2.65 bits per heavy atom. The number of hydrogen-bond acceptors (Lipinski definition) is 3. The van der Waals surface area contributed by atoms with Crippen LogP contribution in [-0.2, 0) is 4.79 Å². The van der Waals surface area contributed by atoms with E-state index < -0.39 is 0 Å². The Hall–Kier alpha value is -1.49. The van der Waals surface area contributed by atoms with Crippen molar-refractivity contribution < 1.29 is 14.3 Å². The van der Waals surface area contributed by atoms with Gasteiger partial charge in [-0.3, -0.25) is 4.79 Å². The first-order valence-electron chi connectivity index (χ1n) is 5.23. The number of allylic oxidation sites excluding steroid dienone is 1. The number of hydrogen-bond donors (Lipinski definition) is 1. The second-order valence-corrected chi connectivity index (χ2v) is 4.32. The van der Waals surface area contributed by atoms with Crippen LogP contribution in [0.4, 0.5) is 5.69 Å². The summed E-state index contributed by atoms with van der Waals surface area (Å²) in [5.74, 6) is 1.16. The lowest BCUT2D eigenvalue weighted by Crippen LogP contribution is -2.16. The maximum Gasteiger partial charge on any atom is 0.248 e. The SMILES string of the molecule is CC=CC(=O)Nc1cc2c(cc1Br)OCCO2. The Morgan fingerprint density at radius 1 is 1.35 bits per heavy atom. The molecule has 0 unspecified atom stereocenters. The number of ether oxygens (including phenoxy) is 2.